The Labute approximate surface area is 124 Å². The quantitative estimate of drug-likeness (QED) is 0.848. The van der Waals surface area contributed by atoms with Gasteiger partial charge in [-0.25, -0.2) is 0 Å². The molecule has 0 aliphatic rings. The van der Waals surface area contributed by atoms with Gasteiger partial charge in [-0.1, -0.05) is 6.92 Å². The second-order valence-corrected chi connectivity index (χ2v) is 4.84. The Bertz CT molecular complexity index is 562. The highest BCUT2D eigenvalue weighted by Gasteiger charge is 2.22. The zero-order valence-electron chi connectivity index (χ0n) is 12.6. The summed E-state index contributed by atoms with van der Waals surface area (Å²) in [6, 6.07) is 4.89. The topological polar surface area (TPSA) is 69.3 Å². The number of methoxy groups -OCH3 is 1. The van der Waals surface area contributed by atoms with E-state index in [4.69, 9.17) is 9.15 Å². The molecule has 2 rings (SSSR count). The van der Waals surface area contributed by atoms with Gasteiger partial charge in [0.25, 0.3) is 0 Å². The van der Waals surface area contributed by atoms with E-state index in [-0.39, 0.29) is 18.0 Å². The van der Waals surface area contributed by atoms with Gasteiger partial charge in [0.1, 0.15) is 23.6 Å². The van der Waals surface area contributed by atoms with Crippen LogP contribution in [-0.2, 0) is 16.0 Å². The van der Waals surface area contributed by atoms with E-state index in [1.807, 2.05) is 19.1 Å². The van der Waals surface area contributed by atoms with E-state index in [9.17, 15) is 4.79 Å². The van der Waals surface area contributed by atoms with Crippen molar-refractivity contribution < 1.29 is 13.9 Å². The third-order valence-corrected chi connectivity index (χ3v) is 3.33. The summed E-state index contributed by atoms with van der Waals surface area (Å²) in [5.41, 5.74) is 0. The van der Waals surface area contributed by atoms with Crippen LogP contribution in [0.5, 0.6) is 0 Å². The number of amides is 1. The molecule has 2 aromatic heterocycles. The van der Waals surface area contributed by atoms with Gasteiger partial charge in [0.05, 0.1) is 6.61 Å². The molecule has 0 aliphatic heterocycles. The van der Waals surface area contributed by atoms with Crippen molar-refractivity contribution >= 4 is 5.91 Å². The highest BCUT2D eigenvalue weighted by atomic mass is 16.5. The number of nitrogens with one attached hydrogen (secondary N) is 1. The molecular formula is C15H21N3O3. The monoisotopic (exact) mass is 291 g/mol. The molecule has 2 atom stereocenters. The minimum Gasteiger partial charge on any atom is -0.464 e. The van der Waals surface area contributed by atoms with Crippen LogP contribution in [0.15, 0.2) is 35.0 Å². The van der Waals surface area contributed by atoms with Crippen molar-refractivity contribution in [3.8, 4) is 0 Å². The average Bonchev–Trinajstić information content (AvgIpc) is 3.16. The Morgan fingerprint density at radius 1 is 1.52 bits per heavy atom. The number of carbonyl (C=O) groups is 1. The lowest BCUT2D eigenvalue weighted by Gasteiger charge is -2.19. The first-order chi connectivity index (χ1) is 10.2. The van der Waals surface area contributed by atoms with E-state index in [2.05, 4.69) is 10.4 Å². The van der Waals surface area contributed by atoms with Crippen LogP contribution in [0.4, 0.5) is 0 Å². The molecule has 114 valence electrons. The first kappa shape index (κ1) is 15.3. The molecule has 2 aromatic rings. The molecule has 0 unspecified atom stereocenters. The Morgan fingerprint density at radius 2 is 2.33 bits per heavy atom. The number of rotatable bonds is 7. The summed E-state index contributed by atoms with van der Waals surface area (Å²) in [7, 11) is 1.60. The first-order valence-corrected chi connectivity index (χ1v) is 7.02. The number of hydrogen-bond acceptors (Lipinski definition) is 4. The van der Waals surface area contributed by atoms with Crippen molar-refractivity contribution in [2.45, 2.75) is 32.4 Å². The van der Waals surface area contributed by atoms with Gasteiger partial charge in [0.2, 0.25) is 5.91 Å². The first-order valence-electron chi connectivity index (χ1n) is 7.02. The normalized spacial score (nSPS) is 13.9. The molecule has 0 saturated carbocycles. The molecule has 0 aliphatic carbocycles. The smallest absolute Gasteiger partial charge is 0.245 e. The largest absolute Gasteiger partial charge is 0.464 e. The van der Waals surface area contributed by atoms with Crippen LogP contribution >= 0.6 is 0 Å². The van der Waals surface area contributed by atoms with Crippen LogP contribution in [0, 0.1) is 0 Å². The lowest BCUT2D eigenvalue weighted by molar-refractivity contribution is -0.125. The third kappa shape index (κ3) is 3.72. The molecule has 0 fully saturated rings. The number of aromatic nitrogens is 2. The molecule has 2 heterocycles. The van der Waals surface area contributed by atoms with E-state index >= 15 is 0 Å². The van der Waals surface area contributed by atoms with E-state index in [1.54, 1.807) is 37.2 Å². The highest BCUT2D eigenvalue weighted by Crippen LogP contribution is 2.18. The molecule has 0 saturated heterocycles. The molecule has 0 radical (unpaired) electrons. The van der Waals surface area contributed by atoms with Crippen LogP contribution in [-0.4, -0.2) is 29.4 Å². The van der Waals surface area contributed by atoms with Gasteiger partial charge in [0, 0.05) is 25.9 Å². The number of hydrogen-bond donors (Lipinski definition) is 1. The molecule has 6 heteroatoms. The van der Waals surface area contributed by atoms with Crippen molar-refractivity contribution in [2.24, 2.45) is 0 Å². The Hall–Kier alpha value is -2.08. The van der Waals surface area contributed by atoms with Crippen molar-refractivity contribution in [2.75, 3.05) is 13.7 Å². The van der Waals surface area contributed by atoms with Gasteiger partial charge >= 0.3 is 0 Å². The molecule has 21 heavy (non-hydrogen) atoms. The summed E-state index contributed by atoms with van der Waals surface area (Å²) in [5, 5.41) is 7.02. The Morgan fingerprint density at radius 3 is 2.90 bits per heavy atom. The average molecular weight is 291 g/mol. The summed E-state index contributed by atoms with van der Waals surface area (Å²) in [6.45, 7) is 4.17. The van der Waals surface area contributed by atoms with Crippen LogP contribution < -0.4 is 5.32 Å². The fourth-order valence-electron chi connectivity index (χ4n) is 2.06. The zero-order chi connectivity index (χ0) is 15.2. The molecule has 1 N–H and O–H groups in total. The second kappa shape index (κ2) is 7.08. The summed E-state index contributed by atoms with van der Waals surface area (Å²) in [5.74, 6) is 1.46. The zero-order valence-corrected chi connectivity index (χ0v) is 12.6. The van der Waals surface area contributed by atoms with Crippen molar-refractivity contribution in [1.82, 2.24) is 15.1 Å². The van der Waals surface area contributed by atoms with Crippen molar-refractivity contribution in [3.63, 3.8) is 0 Å². The van der Waals surface area contributed by atoms with Crippen LogP contribution in [0.25, 0.3) is 0 Å². The molecule has 0 bridgehead atoms. The summed E-state index contributed by atoms with van der Waals surface area (Å²) >= 11 is 0. The van der Waals surface area contributed by atoms with Gasteiger partial charge in [-0.15, -0.1) is 0 Å². The summed E-state index contributed by atoms with van der Waals surface area (Å²) in [6.07, 6.45) is 4.23. The summed E-state index contributed by atoms with van der Waals surface area (Å²) < 4.78 is 12.5. The second-order valence-electron chi connectivity index (χ2n) is 4.84. The fraction of sp³-hybridized carbons (Fsp3) is 0.467. The van der Waals surface area contributed by atoms with Gasteiger partial charge in [0.15, 0.2) is 0 Å². The van der Waals surface area contributed by atoms with E-state index in [0.717, 1.165) is 12.2 Å². The Kier molecular flexibility index (Phi) is 5.16. The van der Waals surface area contributed by atoms with E-state index < -0.39 is 0 Å². The van der Waals surface area contributed by atoms with Crippen LogP contribution in [0.2, 0.25) is 0 Å². The van der Waals surface area contributed by atoms with Gasteiger partial charge in [-0.05, 0) is 25.1 Å². The maximum absolute atomic E-state index is 12.3. The van der Waals surface area contributed by atoms with Crippen LogP contribution in [0.1, 0.15) is 37.5 Å². The SMILES string of the molecule is CCc1ccc([C@H](COC)NC(=O)[C@@H](C)n2cccn2)o1. The van der Waals surface area contributed by atoms with Crippen molar-refractivity contribution in [3.05, 3.63) is 42.1 Å². The molecule has 0 aromatic carbocycles. The number of ether oxygens (including phenoxy) is 1. The standard InChI is InChI=1S/C15H21N3O3/c1-4-12-6-7-14(21-12)13(10-20-3)17-15(19)11(2)18-9-5-8-16-18/h5-9,11,13H,4,10H2,1-3H3,(H,17,19)/t11-,13+/m1/s1. The third-order valence-electron chi connectivity index (χ3n) is 3.33. The molecule has 6 nitrogen and oxygen atoms in total. The summed E-state index contributed by atoms with van der Waals surface area (Å²) in [4.78, 5) is 12.3. The number of furan rings is 1. The molecule has 0 spiro atoms. The highest BCUT2D eigenvalue weighted by molar-refractivity contribution is 5.80. The number of aryl methyl sites for hydroxylation is 1. The van der Waals surface area contributed by atoms with Gasteiger partial charge in [-0.2, -0.15) is 5.10 Å². The van der Waals surface area contributed by atoms with Gasteiger partial charge < -0.3 is 14.5 Å². The van der Waals surface area contributed by atoms with E-state index in [1.165, 1.54) is 0 Å². The Balaban J connectivity index is 2.07. The minimum absolute atomic E-state index is 0.129. The van der Waals surface area contributed by atoms with Crippen LogP contribution in [0.3, 0.4) is 0 Å². The predicted octanol–water partition coefficient (Wildman–Crippen LogP) is 2.10. The maximum atomic E-state index is 12.3. The molecular weight excluding hydrogens is 270 g/mol. The lowest BCUT2D eigenvalue weighted by Crippen LogP contribution is -2.36. The molecule has 1 amide bonds. The maximum Gasteiger partial charge on any atom is 0.245 e. The lowest BCUT2D eigenvalue weighted by atomic mass is 10.2. The number of carbonyl (C=O) groups excluding carboxylic acids is 1. The number of nitrogens with zero attached hydrogens (tertiary/aromatic N) is 2. The van der Waals surface area contributed by atoms with Gasteiger partial charge in [-0.3, -0.25) is 9.48 Å². The minimum atomic E-state index is -0.389. The fourth-order valence-corrected chi connectivity index (χ4v) is 2.06. The van der Waals surface area contributed by atoms with Crippen molar-refractivity contribution in [1.29, 1.82) is 0 Å². The van der Waals surface area contributed by atoms with E-state index in [0.29, 0.717) is 12.4 Å². The predicted molar refractivity (Wildman–Crippen MR) is 77.8 cm³/mol.